The molecular weight excluding hydrogens is 491 g/mol. The van der Waals surface area contributed by atoms with Crippen molar-refractivity contribution in [1.29, 1.82) is 0 Å². The molecule has 1 saturated carbocycles. The standard InChI is InChI=1S/C19H34N4O3S.HI/c1-14-10-17(12-23(14)18-2-3-18)22-19(21-16-4-7-26-8-5-16)20-11-15-6-9-27(24,25)13-15;/h14-18H,2-13H2,1H3,(H2,20,21,22);1H. The third-order valence-corrected chi connectivity index (χ3v) is 8.21. The van der Waals surface area contributed by atoms with Crippen LogP contribution in [-0.4, -0.2) is 81.3 Å². The van der Waals surface area contributed by atoms with E-state index in [0.717, 1.165) is 57.4 Å². The first kappa shape index (κ1) is 22.6. The fourth-order valence-corrected chi connectivity index (χ4v) is 6.52. The number of nitrogens with one attached hydrogen (secondary N) is 2. The van der Waals surface area contributed by atoms with E-state index in [2.05, 4.69) is 22.5 Å². The van der Waals surface area contributed by atoms with Crippen LogP contribution in [0.5, 0.6) is 0 Å². The third-order valence-electron chi connectivity index (χ3n) is 6.38. The Morgan fingerprint density at radius 3 is 2.46 bits per heavy atom. The van der Waals surface area contributed by atoms with Crippen LogP contribution in [0.1, 0.15) is 45.4 Å². The Labute approximate surface area is 186 Å². The molecule has 3 saturated heterocycles. The van der Waals surface area contributed by atoms with E-state index >= 15 is 0 Å². The highest BCUT2D eigenvalue weighted by molar-refractivity contribution is 14.0. The molecular formula is C19H35IN4O3S. The molecule has 7 nitrogen and oxygen atoms in total. The lowest BCUT2D eigenvalue weighted by Gasteiger charge is -2.27. The van der Waals surface area contributed by atoms with Gasteiger partial charge in [-0.1, -0.05) is 0 Å². The molecule has 3 heterocycles. The molecule has 3 atom stereocenters. The van der Waals surface area contributed by atoms with Gasteiger partial charge in [0.15, 0.2) is 15.8 Å². The maximum Gasteiger partial charge on any atom is 0.191 e. The zero-order chi connectivity index (χ0) is 18.9. The summed E-state index contributed by atoms with van der Waals surface area (Å²) in [6, 6.07) is 2.22. The van der Waals surface area contributed by atoms with E-state index in [9.17, 15) is 8.42 Å². The van der Waals surface area contributed by atoms with Gasteiger partial charge in [-0.2, -0.15) is 0 Å². The molecule has 9 heteroatoms. The number of guanidine groups is 1. The van der Waals surface area contributed by atoms with Gasteiger partial charge >= 0.3 is 0 Å². The fraction of sp³-hybridized carbons (Fsp3) is 0.947. The van der Waals surface area contributed by atoms with Crippen LogP contribution in [0.15, 0.2) is 4.99 Å². The molecule has 3 unspecified atom stereocenters. The van der Waals surface area contributed by atoms with E-state index in [-0.39, 0.29) is 35.6 Å². The first-order valence-corrected chi connectivity index (χ1v) is 12.4. The minimum Gasteiger partial charge on any atom is -0.381 e. The van der Waals surface area contributed by atoms with Gasteiger partial charge in [0.1, 0.15) is 0 Å². The van der Waals surface area contributed by atoms with Crippen molar-refractivity contribution in [3.05, 3.63) is 0 Å². The second-order valence-electron chi connectivity index (χ2n) is 8.84. The summed E-state index contributed by atoms with van der Waals surface area (Å²) in [5.41, 5.74) is 0. The molecule has 162 valence electrons. The predicted octanol–water partition coefficient (Wildman–Crippen LogP) is 1.38. The maximum absolute atomic E-state index is 11.7. The van der Waals surface area contributed by atoms with Crippen molar-refractivity contribution in [3.63, 3.8) is 0 Å². The van der Waals surface area contributed by atoms with E-state index in [1.54, 1.807) is 0 Å². The van der Waals surface area contributed by atoms with Crippen molar-refractivity contribution < 1.29 is 13.2 Å². The van der Waals surface area contributed by atoms with E-state index < -0.39 is 9.84 Å². The van der Waals surface area contributed by atoms with Crippen LogP contribution in [-0.2, 0) is 14.6 Å². The minimum atomic E-state index is -2.84. The van der Waals surface area contributed by atoms with Gasteiger partial charge in [-0.3, -0.25) is 9.89 Å². The van der Waals surface area contributed by atoms with Gasteiger partial charge in [-0.15, -0.1) is 24.0 Å². The Morgan fingerprint density at radius 2 is 1.82 bits per heavy atom. The SMILES string of the molecule is CC1CC(NC(=NCC2CCS(=O)(=O)C2)NC2CCOCC2)CN1C1CC1.I. The molecule has 0 spiro atoms. The first-order chi connectivity index (χ1) is 13.0. The topological polar surface area (TPSA) is 83.0 Å². The summed E-state index contributed by atoms with van der Waals surface area (Å²) in [6.07, 6.45) is 6.56. The first-order valence-electron chi connectivity index (χ1n) is 10.6. The number of hydrogen-bond acceptors (Lipinski definition) is 5. The van der Waals surface area contributed by atoms with Gasteiger partial charge in [0.2, 0.25) is 0 Å². The number of rotatable bonds is 5. The lowest BCUT2D eigenvalue weighted by atomic mass is 10.1. The van der Waals surface area contributed by atoms with Crippen molar-refractivity contribution in [3.8, 4) is 0 Å². The number of nitrogens with zero attached hydrogens (tertiary/aromatic N) is 2. The molecule has 0 aromatic rings. The largest absolute Gasteiger partial charge is 0.381 e. The summed E-state index contributed by atoms with van der Waals surface area (Å²) in [5.74, 6) is 1.63. The van der Waals surface area contributed by atoms with Crippen LogP contribution in [0.25, 0.3) is 0 Å². The van der Waals surface area contributed by atoms with Crippen LogP contribution < -0.4 is 10.6 Å². The van der Waals surface area contributed by atoms with Crippen molar-refractivity contribution in [1.82, 2.24) is 15.5 Å². The highest BCUT2D eigenvalue weighted by Crippen LogP contribution is 2.33. The molecule has 1 aliphatic carbocycles. The normalized spacial score (nSPS) is 34.2. The molecule has 0 aromatic heterocycles. The van der Waals surface area contributed by atoms with E-state index in [1.165, 1.54) is 12.8 Å². The average molecular weight is 526 g/mol. The van der Waals surface area contributed by atoms with Crippen molar-refractivity contribution >= 4 is 39.8 Å². The minimum absolute atomic E-state index is 0. The number of ether oxygens (including phenoxy) is 1. The van der Waals surface area contributed by atoms with Crippen molar-refractivity contribution in [2.24, 2.45) is 10.9 Å². The summed E-state index contributed by atoms with van der Waals surface area (Å²) < 4.78 is 28.9. The molecule has 4 rings (SSSR count). The van der Waals surface area contributed by atoms with E-state index in [4.69, 9.17) is 9.73 Å². The molecule has 0 aromatic carbocycles. The lowest BCUT2D eigenvalue weighted by molar-refractivity contribution is 0.0821. The molecule has 28 heavy (non-hydrogen) atoms. The number of halogens is 1. The Morgan fingerprint density at radius 1 is 1.11 bits per heavy atom. The molecule has 0 bridgehead atoms. The number of sulfone groups is 1. The van der Waals surface area contributed by atoms with Gasteiger partial charge < -0.3 is 15.4 Å². The fourth-order valence-electron chi connectivity index (χ4n) is 4.67. The van der Waals surface area contributed by atoms with E-state index in [0.29, 0.717) is 30.4 Å². The van der Waals surface area contributed by atoms with Crippen LogP contribution >= 0.6 is 24.0 Å². The quantitative estimate of drug-likeness (QED) is 0.320. The Hall–Kier alpha value is -0.130. The van der Waals surface area contributed by atoms with Crippen LogP contribution in [0, 0.1) is 5.92 Å². The Kier molecular flexibility index (Phi) is 7.88. The van der Waals surface area contributed by atoms with Gasteiger partial charge in [0.05, 0.1) is 11.5 Å². The summed E-state index contributed by atoms with van der Waals surface area (Å²) in [5, 5.41) is 7.25. The Balaban J connectivity index is 0.00000225. The van der Waals surface area contributed by atoms with Crippen LogP contribution in [0.3, 0.4) is 0 Å². The van der Waals surface area contributed by atoms with Crippen molar-refractivity contribution in [2.75, 3.05) is 37.8 Å². The second kappa shape index (κ2) is 9.78. The molecule has 3 aliphatic heterocycles. The summed E-state index contributed by atoms with van der Waals surface area (Å²) >= 11 is 0. The molecule has 4 aliphatic rings. The average Bonchev–Trinajstić information content (AvgIpc) is 3.32. The molecule has 4 fully saturated rings. The second-order valence-corrected chi connectivity index (χ2v) is 11.1. The maximum atomic E-state index is 11.7. The molecule has 0 radical (unpaired) electrons. The highest BCUT2D eigenvalue weighted by atomic mass is 127. The van der Waals surface area contributed by atoms with Crippen LogP contribution in [0.2, 0.25) is 0 Å². The van der Waals surface area contributed by atoms with Gasteiger partial charge in [0, 0.05) is 50.5 Å². The zero-order valence-corrected chi connectivity index (χ0v) is 20.0. The Bertz CT molecular complexity index is 650. The monoisotopic (exact) mass is 526 g/mol. The molecule has 2 N–H and O–H groups in total. The highest BCUT2D eigenvalue weighted by Gasteiger charge is 2.39. The number of aliphatic imine (C=N–C) groups is 1. The lowest BCUT2D eigenvalue weighted by Crippen LogP contribution is -2.49. The zero-order valence-electron chi connectivity index (χ0n) is 16.8. The summed E-state index contributed by atoms with van der Waals surface area (Å²) in [4.78, 5) is 7.44. The summed E-state index contributed by atoms with van der Waals surface area (Å²) in [6.45, 7) is 5.58. The van der Waals surface area contributed by atoms with Crippen LogP contribution in [0.4, 0.5) is 0 Å². The number of likely N-dealkylation sites (tertiary alicyclic amines) is 1. The third kappa shape index (κ3) is 6.18. The van der Waals surface area contributed by atoms with E-state index in [1.807, 2.05) is 0 Å². The predicted molar refractivity (Wildman–Crippen MR) is 122 cm³/mol. The van der Waals surface area contributed by atoms with Crippen molar-refractivity contribution in [2.45, 2.75) is 69.6 Å². The smallest absolute Gasteiger partial charge is 0.191 e. The number of hydrogen-bond donors (Lipinski definition) is 2. The van der Waals surface area contributed by atoms with Gasteiger partial charge in [0.25, 0.3) is 0 Å². The molecule has 0 amide bonds. The van der Waals surface area contributed by atoms with Gasteiger partial charge in [-0.05, 0) is 51.4 Å². The summed E-state index contributed by atoms with van der Waals surface area (Å²) in [7, 11) is -2.84. The van der Waals surface area contributed by atoms with Gasteiger partial charge in [-0.25, -0.2) is 8.42 Å².